The van der Waals surface area contributed by atoms with E-state index in [0.717, 1.165) is 0 Å². The van der Waals surface area contributed by atoms with Gasteiger partial charge in [-0.3, -0.25) is 9.59 Å². The van der Waals surface area contributed by atoms with Crippen LogP contribution in [0.2, 0.25) is 0 Å². The third-order valence-electron chi connectivity index (χ3n) is 3.21. The largest absolute Gasteiger partial charge is 0.497 e. The lowest BCUT2D eigenvalue weighted by atomic mass is 10.1. The van der Waals surface area contributed by atoms with E-state index in [0.29, 0.717) is 29.3 Å². The van der Waals surface area contributed by atoms with Gasteiger partial charge in [0.25, 0.3) is 11.8 Å². The number of ether oxygens (including phenoxy) is 2. The summed E-state index contributed by atoms with van der Waals surface area (Å²) in [6, 6.07) is 13.8. The van der Waals surface area contributed by atoms with Crippen LogP contribution in [0.4, 0.5) is 5.69 Å². The smallest absolute Gasteiger partial charge is 0.262 e. The van der Waals surface area contributed by atoms with E-state index < -0.39 is 0 Å². The molecular weight excluding hydrogens is 308 g/mol. The van der Waals surface area contributed by atoms with Crippen molar-refractivity contribution in [2.75, 3.05) is 25.6 Å². The monoisotopic (exact) mass is 328 g/mol. The molecule has 0 aliphatic rings. The Hall–Kier alpha value is -3.02. The number of hydrogen-bond acceptors (Lipinski definition) is 4. The zero-order valence-electron chi connectivity index (χ0n) is 13.7. The summed E-state index contributed by atoms with van der Waals surface area (Å²) in [7, 11) is 1.58. The molecule has 0 aliphatic carbocycles. The predicted octanol–water partition coefficient (Wildman–Crippen LogP) is 2.46. The topological polar surface area (TPSA) is 76.7 Å². The fourth-order valence-electron chi connectivity index (χ4n) is 2.05. The van der Waals surface area contributed by atoms with Gasteiger partial charge in [0.1, 0.15) is 11.5 Å². The zero-order valence-corrected chi connectivity index (χ0v) is 13.7. The van der Waals surface area contributed by atoms with Crippen LogP contribution in [0.25, 0.3) is 0 Å². The van der Waals surface area contributed by atoms with Crippen molar-refractivity contribution in [2.24, 2.45) is 0 Å². The number of carbonyl (C=O) groups excluding carboxylic acids is 2. The molecule has 2 rings (SSSR count). The summed E-state index contributed by atoms with van der Waals surface area (Å²) in [4.78, 5) is 24.0. The van der Waals surface area contributed by atoms with Gasteiger partial charge in [0, 0.05) is 6.54 Å². The van der Waals surface area contributed by atoms with Crippen LogP contribution in [-0.2, 0) is 4.79 Å². The van der Waals surface area contributed by atoms with Crippen LogP contribution in [-0.4, -0.2) is 32.1 Å². The molecule has 0 bridgehead atoms. The molecule has 24 heavy (non-hydrogen) atoms. The van der Waals surface area contributed by atoms with Gasteiger partial charge >= 0.3 is 0 Å². The van der Waals surface area contributed by atoms with Gasteiger partial charge in [-0.25, -0.2) is 0 Å². The molecule has 0 radical (unpaired) electrons. The predicted molar refractivity (Wildman–Crippen MR) is 91.6 cm³/mol. The van der Waals surface area contributed by atoms with E-state index in [1.54, 1.807) is 55.6 Å². The third kappa shape index (κ3) is 4.74. The number of hydrogen-bond donors (Lipinski definition) is 2. The minimum absolute atomic E-state index is 0.157. The number of benzene rings is 2. The van der Waals surface area contributed by atoms with Crippen molar-refractivity contribution in [1.29, 1.82) is 0 Å². The van der Waals surface area contributed by atoms with Crippen molar-refractivity contribution in [2.45, 2.75) is 6.92 Å². The van der Waals surface area contributed by atoms with E-state index in [2.05, 4.69) is 10.6 Å². The average Bonchev–Trinajstić information content (AvgIpc) is 2.61. The number of para-hydroxylation sites is 1. The highest BCUT2D eigenvalue weighted by Crippen LogP contribution is 2.18. The lowest BCUT2D eigenvalue weighted by Gasteiger charge is -2.11. The fraction of sp³-hybridized carbons (Fsp3) is 0.222. The number of methoxy groups -OCH3 is 1. The summed E-state index contributed by atoms with van der Waals surface area (Å²) in [5.74, 6) is 0.692. The standard InChI is InChI=1S/C18H20N2O4/c1-3-19-18(22)15-6-4-5-7-16(15)20-17(21)12-24-14-10-8-13(23-2)9-11-14/h4-11H,3,12H2,1-2H3,(H,19,22)(H,20,21). The Bertz CT molecular complexity index is 698. The van der Waals surface area contributed by atoms with Crippen LogP contribution in [0.15, 0.2) is 48.5 Å². The van der Waals surface area contributed by atoms with Gasteiger partial charge < -0.3 is 20.1 Å². The maximum Gasteiger partial charge on any atom is 0.262 e. The SMILES string of the molecule is CCNC(=O)c1ccccc1NC(=O)COc1ccc(OC)cc1. The van der Waals surface area contributed by atoms with Gasteiger partial charge in [-0.15, -0.1) is 0 Å². The van der Waals surface area contributed by atoms with Crippen LogP contribution in [0.1, 0.15) is 17.3 Å². The van der Waals surface area contributed by atoms with Crippen molar-refractivity contribution in [3.63, 3.8) is 0 Å². The number of anilines is 1. The summed E-state index contributed by atoms with van der Waals surface area (Å²) < 4.78 is 10.5. The number of rotatable bonds is 7. The average molecular weight is 328 g/mol. The quantitative estimate of drug-likeness (QED) is 0.818. The highest BCUT2D eigenvalue weighted by Gasteiger charge is 2.12. The molecule has 6 nitrogen and oxygen atoms in total. The first-order chi connectivity index (χ1) is 11.6. The van der Waals surface area contributed by atoms with E-state index in [-0.39, 0.29) is 18.4 Å². The lowest BCUT2D eigenvalue weighted by molar-refractivity contribution is -0.118. The Morgan fingerprint density at radius 1 is 1.00 bits per heavy atom. The molecule has 0 fully saturated rings. The van der Waals surface area contributed by atoms with Gasteiger partial charge in [-0.2, -0.15) is 0 Å². The number of nitrogens with one attached hydrogen (secondary N) is 2. The number of carbonyl (C=O) groups is 2. The normalized spacial score (nSPS) is 9.92. The first kappa shape index (κ1) is 17.3. The minimum atomic E-state index is -0.345. The first-order valence-corrected chi connectivity index (χ1v) is 7.58. The molecule has 2 aromatic rings. The Labute approximate surface area is 140 Å². The molecule has 0 unspecified atom stereocenters. The van der Waals surface area contributed by atoms with E-state index in [1.807, 2.05) is 6.92 Å². The first-order valence-electron chi connectivity index (χ1n) is 7.58. The third-order valence-corrected chi connectivity index (χ3v) is 3.21. The van der Waals surface area contributed by atoms with Crippen molar-refractivity contribution in [3.05, 3.63) is 54.1 Å². The van der Waals surface area contributed by atoms with Crippen molar-refractivity contribution >= 4 is 17.5 Å². The molecule has 2 N–H and O–H groups in total. The maximum absolute atomic E-state index is 12.0. The van der Waals surface area contributed by atoms with Crippen LogP contribution in [0.3, 0.4) is 0 Å². The van der Waals surface area contributed by atoms with Gasteiger partial charge in [0.15, 0.2) is 6.61 Å². The number of amides is 2. The van der Waals surface area contributed by atoms with Crippen LogP contribution in [0, 0.1) is 0 Å². The Kier molecular flexibility index (Phi) is 6.19. The van der Waals surface area contributed by atoms with Crippen LogP contribution in [0.5, 0.6) is 11.5 Å². The molecule has 0 atom stereocenters. The second-order valence-electron chi connectivity index (χ2n) is 4.92. The Morgan fingerprint density at radius 2 is 1.67 bits per heavy atom. The molecule has 6 heteroatoms. The van der Waals surface area contributed by atoms with Crippen LogP contribution >= 0.6 is 0 Å². The molecule has 2 amide bonds. The van der Waals surface area contributed by atoms with E-state index in [1.165, 1.54) is 0 Å². The van der Waals surface area contributed by atoms with Gasteiger partial charge in [-0.1, -0.05) is 12.1 Å². The van der Waals surface area contributed by atoms with Crippen molar-refractivity contribution in [1.82, 2.24) is 5.32 Å². The second-order valence-corrected chi connectivity index (χ2v) is 4.92. The molecule has 0 spiro atoms. The zero-order chi connectivity index (χ0) is 17.4. The van der Waals surface area contributed by atoms with E-state index in [4.69, 9.17) is 9.47 Å². The maximum atomic E-state index is 12.0. The molecule has 126 valence electrons. The summed E-state index contributed by atoms with van der Waals surface area (Å²) >= 11 is 0. The highest BCUT2D eigenvalue weighted by molar-refractivity contribution is 6.03. The Balaban J connectivity index is 1.95. The molecule has 0 aromatic heterocycles. The summed E-state index contributed by atoms with van der Waals surface area (Å²) in [5.41, 5.74) is 0.865. The minimum Gasteiger partial charge on any atom is -0.497 e. The molecule has 0 saturated carbocycles. The molecule has 0 saturated heterocycles. The molecule has 0 aliphatic heterocycles. The van der Waals surface area contributed by atoms with Gasteiger partial charge in [-0.05, 0) is 43.3 Å². The molecule has 2 aromatic carbocycles. The van der Waals surface area contributed by atoms with Gasteiger partial charge in [0.2, 0.25) is 0 Å². The highest BCUT2D eigenvalue weighted by atomic mass is 16.5. The van der Waals surface area contributed by atoms with E-state index >= 15 is 0 Å². The fourth-order valence-corrected chi connectivity index (χ4v) is 2.05. The van der Waals surface area contributed by atoms with Crippen molar-refractivity contribution in [3.8, 4) is 11.5 Å². The van der Waals surface area contributed by atoms with E-state index in [9.17, 15) is 9.59 Å². The summed E-state index contributed by atoms with van der Waals surface area (Å²) in [6.07, 6.45) is 0. The second kappa shape index (κ2) is 8.57. The summed E-state index contributed by atoms with van der Waals surface area (Å²) in [5, 5.41) is 5.40. The summed E-state index contributed by atoms with van der Waals surface area (Å²) in [6.45, 7) is 2.19. The Morgan fingerprint density at radius 3 is 2.33 bits per heavy atom. The van der Waals surface area contributed by atoms with Gasteiger partial charge in [0.05, 0.1) is 18.4 Å². The molecular formula is C18H20N2O4. The molecule has 0 heterocycles. The van der Waals surface area contributed by atoms with Crippen molar-refractivity contribution < 1.29 is 19.1 Å². The lowest BCUT2D eigenvalue weighted by Crippen LogP contribution is -2.26. The van der Waals surface area contributed by atoms with Crippen LogP contribution < -0.4 is 20.1 Å².